The highest BCUT2D eigenvalue weighted by Crippen LogP contribution is 2.41. The Morgan fingerprint density at radius 3 is 2.50 bits per heavy atom. The molecule has 2 amide bonds. The van der Waals surface area contributed by atoms with Gasteiger partial charge in [-0.05, 0) is 37.3 Å². The molecule has 0 radical (unpaired) electrons. The number of nitrogens with two attached hydrogens (primary N) is 1. The number of hydrogen-bond acceptors (Lipinski definition) is 2. The third-order valence-corrected chi connectivity index (χ3v) is 4.92. The van der Waals surface area contributed by atoms with Crippen LogP contribution in [0.2, 0.25) is 0 Å². The largest absolute Gasteiger partial charge is 0.331 e. The van der Waals surface area contributed by atoms with Gasteiger partial charge in [-0.2, -0.15) is 0 Å². The molecule has 1 atom stereocenters. The molecule has 0 aliphatic carbocycles. The number of benzene rings is 1. The summed E-state index contributed by atoms with van der Waals surface area (Å²) in [6.07, 6.45) is 5.01. The Kier molecular flexibility index (Phi) is 6.05. The Balaban J connectivity index is 2.60. The Morgan fingerprint density at radius 2 is 1.96 bits per heavy atom. The third-order valence-electron chi connectivity index (χ3n) is 4.92. The van der Waals surface area contributed by atoms with Gasteiger partial charge < -0.3 is 15.5 Å². The molecule has 0 fully saturated rings. The van der Waals surface area contributed by atoms with Crippen LogP contribution in [0.1, 0.15) is 38.7 Å². The molecule has 0 spiro atoms. The van der Waals surface area contributed by atoms with Crippen molar-refractivity contribution in [1.29, 1.82) is 0 Å². The van der Waals surface area contributed by atoms with E-state index in [1.807, 2.05) is 25.1 Å². The molecule has 1 heterocycles. The van der Waals surface area contributed by atoms with Gasteiger partial charge >= 0.3 is 6.03 Å². The van der Waals surface area contributed by atoms with Gasteiger partial charge in [0.1, 0.15) is 0 Å². The predicted molar refractivity (Wildman–Crippen MR) is 99.7 cm³/mol. The highest BCUT2D eigenvalue weighted by Gasteiger charge is 2.42. The summed E-state index contributed by atoms with van der Waals surface area (Å²) in [5.74, 6) is 0.488. The average Bonchev–Trinajstić information content (AvgIpc) is 2.59. The maximum atomic E-state index is 12.9. The standard InChI is InChI=1S/C20H31N3O/c1-16(2)17-11-14-23(19(24)22(3)4)20(15-17,12-8-13-21)18-9-6-5-7-10-18/h5-7,9-10,15-16H,8,11-14,21H2,1-4H3. The van der Waals surface area contributed by atoms with Gasteiger partial charge in [0.05, 0.1) is 5.54 Å². The summed E-state index contributed by atoms with van der Waals surface area (Å²) >= 11 is 0. The van der Waals surface area contributed by atoms with E-state index >= 15 is 0 Å². The summed E-state index contributed by atoms with van der Waals surface area (Å²) in [7, 11) is 3.64. The molecule has 1 aromatic carbocycles. The van der Waals surface area contributed by atoms with Gasteiger partial charge in [-0.25, -0.2) is 4.79 Å². The fraction of sp³-hybridized carbons (Fsp3) is 0.550. The van der Waals surface area contributed by atoms with Gasteiger partial charge in [0.25, 0.3) is 0 Å². The van der Waals surface area contributed by atoms with E-state index in [-0.39, 0.29) is 6.03 Å². The lowest BCUT2D eigenvalue weighted by molar-refractivity contribution is 0.104. The maximum absolute atomic E-state index is 12.9. The zero-order valence-electron chi connectivity index (χ0n) is 15.5. The Labute approximate surface area is 146 Å². The highest BCUT2D eigenvalue weighted by atomic mass is 16.2. The van der Waals surface area contributed by atoms with Crippen LogP contribution in [-0.4, -0.2) is 43.0 Å². The number of carbonyl (C=O) groups excluding carboxylic acids is 1. The van der Waals surface area contributed by atoms with Crippen molar-refractivity contribution >= 4 is 6.03 Å². The minimum Gasteiger partial charge on any atom is -0.331 e. The van der Waals surface area contributed by atoms with Crippen LogP contribution in [0.5, 0.6) is 0 Å². The van der Waals surface area contributed by atoms with Crippen LogP contribution in [0, 0.1) is 5.92 Å². The molecule has 2 rings (SSSR count). The quantitative estimate of drug-likeness (QED) is 0.839. The number of nitrogens with zero attached hydrogens (tertiary/aromatic N) is 2. The summed E-state index contributed by atoms with van der Waals surface area (Å²) in [5, 5.41) is 0. The summed E-state index contributed by atoms with van der Waals surface area (Å²) in [6.45, 7) is 5.84. The summed E-state index contributed by atoms with van der Waals surface area (Å²) in [4.78, 5) is 16.6. The molecule has 1 aromatic rings. The highest BCUT2D eigenvalue weighted by molar-refractivity contribution is 5.76. The monoisotopic (exact) mass is 329 g/mol. The van der Waals surface area contributed by atoms with Gasteiger partial charge in [0.15, 0.2) is 0 Å². The van der Waals surface area contributed by atoms with Crippen molar-refractivity contribution < 1.29 is 4.79 Å². The first-order valence-corrected chi connectivity index (χ1v) is 8.88. The van der Waals surface area contributed by atoms with Crippen molar-refractivity contribution in [2.75, 3.05) is 27.2 Å². The number of carbonyl (C=O) groups is 1. The van der Waals surface area contributed by atoms with Gasteiger partial charge in [-0.3, -0.25) is 0 Å². The molecule has 0 saturated carbocycles. The first-order chi connectivity index (χ1) is 11.4. The second-order valence-corrected chi connectivity index (χ2v) is 7.14. The van der Waals surface area contributed by atoms with Crippen LogP contribution in [-0.2, 0) is 5.54 Å². The first-order valence-electron chi connectivity index (χ1n) is 8.88. The van der Waals surface area contributed by atoms with Crippen LogP contribution >= 0.6 is 0 Å². The molecule has 4 nitrogen and oxygen atoms in total. The van der Waals surface area contributed by atoms with E-state index in [0.717, 1.165) is 25.8 Å². The maximum Gasteiger partial charge on any atom is 0.320 e. The minimum absolute atomic E-state index is 0.0648. The number of rotatable bonds is 5. The van der Waals surface area contributed by atoms with E-state index in [9.17, 15) is 4.79 Å². The lowest BCUT2D eigenvalue weighted by atomic mass is 9.77. The van der Waals surface area contributed by atoms with Crippen molar-refractivity contribution in [2.24, 2.45) is 11.7 Å². The summed E-state index contributed by atoms with van der Waals surface area (Å²) in [5.41, 5.74) is 8.02. The van der Waals surface area contributed by atoms with Gasteiger partial charge in [0, 0.05) is 20.6 Å². The molecule has 1 unspecified atom stereocenters. The average molecular weight is 329 g/mol. The second kappa shape index (κ2) is 7.84. The molecule has 1 aliphatic rings. The molecular weight excluding hydrogens is 298 g/mol. The Hall–Kier alpha value is -1.81. The minimum atomic E-state index is -0.403. The molecule has 2 N–H and O–H groups in total. The van der Waals surface area contributed by atoms with Crippen LogP contribution in [0.25, 0.3) is 0 Å². The van der Waals surface area contributed by atoms with Crippen molar-refractivity contribution in [1.82, 2.24) is 9.80 Å². The summed E-state index contributed by atoms with van der Waals surface area (Å²) < 4.78 is 0. The Morgan fingerprint density at radius 1 is 1.29 bits per heavy atom. The molecule has 0 bridgehead atoms. The van der Waals surface area contributed by atoms with E-state index in [1.165, 1.54) is 11.1 Å². The molecule has 1 aliphatic heterocycles. The molecular formula is C20H31N3O. The van der Waals surface area contributed by atoms with Gasteiger partial charge in [-0.1, -0.05) is 55.8 Å². The molecule has 0 saturated heterocycles. The number of amides is 2. The smallest absolute Gasteiger partial charge is 0.320 e. The van der Waals surface area contributed by atoms with Crippen molar-refractivity contribution in [3.05, 3.63) is 47.5 Å². The molecule has 0 aromatic heterocycles. The van der Waals surface area contributed by atoms with Crippen LogP contribution in [0.3, 0.4) is 0 Å². The third kappa shape index (κ3) is 3.64. The number of hydrogen-bond donors (Lipinski definition) is 1. The number of urea groups is 1. The van der Waals surface area contributed by atoms with Crippen molar-refractivity contribution in [2.45, 2.75) is 38.6 Å². The van der Waals surface area contributed by atoms with Crippen molar-refractivity contribution in [3.63, 3.8) is 0 Å². The van der Waals surface area contributed by atoms with E-state index < -0.39 is 5.54 Å². The van der Waals surface area contributed by atoms with E-state index in [2.05, 4.69) is 44.2 Å². The molecule has 4 heteroatoms. The molecule has 24 heavy (non-hydrogen) atoms. The van der Waals surface area contributed by atoms with Crippen LogP contribution in [0.4, 0.5) is 4.79 Å². The van der Waals surface area contributed by atoms with E-state index in [1.54, 1.807) is 4.90 Å². The normalized spacial score (nSPS) is 20.9. The Bertz CT molecular complexity index is 580. The van der Waals surface area contributed by atoms with Crippen molar-refractivity contribution in [3.8, 4) is 0 Å². The zero-order chi connectivity index (χ0) is 17.7. The molecule has 132 valence electrons. The second-order valence-electron chi connectivity index (χ2n) is 7.14. The fourth-order valence-corrected chi connectivity index (χ4v) is 3.55. The summed E-state index contributed by atoms with van der Waals surface area (Å²) in [6, 6.07) is 10.5. The van der Waals surface area contributed by atoms with Crippen LogP contribution in [0.15, 0.2) is 42.0 Å². The topological polar surface area (TPSA) is 49.6 Å². The zero-order valence-corrected chi connectivity index (χ0v) is 15.5. The van der Waals surface area contributed by atoms with Gasteiger partial charge in [0.2, 0.25) is 0 Å². The lowest BCUT2D eigenvalue weighted by Gasteiger charge is -2.47. The van der Waals surface area contributed by atoms with E-state index in [0.29, 0.717) is 12.5 Å². The van der Waals surface area contributed by atoms with E-state index in [4.69, 9.17) is 5.73 Å². The van der Waals surface area contributed by atoms with Crippen LogP contribution < -0.4 is 5.73 Å². The van der Waals surface area contributed by atoms with Gasteiger partial charge in [-0.15, -0.1) is 0 Å². The SMILES string of the molecule is CC(C)C1=CC(CCCN)(c2ccccc2)N(C(=O)N(C)C)CC1. The lowest BCUT2D eigenvalue weighted by Crippen LogP contribution is -2.54. The predicted octanol–water partition coefficient (Wildman–Crippen LogP) is 3.59. The fourth-order valence-electron chi connectivity index (χ4n) is 3.55. The first kappa shape index (κ1) is 18.5.